The minimum absolute atomic E-state index is 0.0599. The molecule has 1 saturated heterocycles. The van der Waals surface area contributed by atoms with Gasteiger partial charge in [0, 0.05) is 6.42 Å². The van der Waals surface area contributed by atoms with Gasteiger partial charge in [0.05, 0.1) is 17.9 Å². The first-order valence-electron chi connectivity index (χ1n) is 9.05. The van der Waals surface area contributed by atoms with E-state index in [-0.39, 0.29) is 36.1 Å². The van der Waals surface area contributed by atoms with E-state index in [0.717, 1.165) is 12.0 Å². The van der Waals surface area contributed by atoms with Crippen LogP contribution in [0.25, 0.3) is 0 Å². The highest BCUT2D eigenvalue weighted by Crippen LogP contribution is 2.60. The number of fused-ring (bicyclic) bond motifs is 5. The van der Waals surface area contributed by atoms with Crippen LogP contribution in [0.4, 0.5) is 0 Å². The predicted octanol–water partition coefficient (Wildman–Crippen LogP) is 2.09. The van der Waals surface area contributed by atoms with E-state index in [1.54, 1.807) is 0 Å². The minimum Gasteiger partial charge on any atom is -0.274 e. The zero-order chi connectivity index (χ0) is 17.9. The van der Waals surface area contributed by atoms with Crippen LogP contribution >= 0.6 is 0 Å². The molecule has 0 spiro atoms. The highest BCUT2D eigenvalue weighted by atomic mass is 16.2. The molecule has 132 valence electrons. The molecule has 4 atom stereocenters. The summed E-state index contributed by atoms with van der Waals surface area (Å²) in [7, 11) is 0. The first-order chi connectivity index (χ1) is 12.6. The normalized spacial score (nSPS) is 31.9. The molecule has 2 amide bonds. The molecule has 6 nitrogen and oxygen atoms in total. The monoisotopic (exact) mass is 348 g/mol. The third-order valence-electron chi connectivity index (χ3n) is 6.29. The van der Waals surface area contributed by atoms with E-state index in [2.05, 4.69) is 27.3 Å². The maximum atomic E-state index is 13.0. The smallest absolute Gasteiger partial charge is 0.236 e. The van der Waals surface area contributed by atoms with Crippen molar-refractivity contribution in [1.82, 2.24) is 20.1 Å². The Bertz CT molecular complexity index is 919. The van der Waals surface area contributed by atoms with Crippen molar-refractivity contribution in [2.75, 3.05) is 0 Å². The number of rotatable bonds is 4. The molecule has 3 aliphatic rings. The summed E-state index contributed by atoms with van der Waals surface area (Å²) in [5, 5.41) is 7.13. The Balaban J connectivity index is 1.35. The van der Waals surface area contributed by atoms with Gasteiger partial charge in [0.15, 0.2) is 5.82 Å². The zero-order valence-electron chi connectivity index (χ0n) is 14.6. The number of aromatic nitrogens is 3. The first-order valence-corrected chi connectivity index (χ1v) is 9.05. The van der Waals surface area contributed by atoms with E-state index in [1.807, 2.05) is 37.3 Å². The Morgan fingerprint density at radius 3 is 2.81 bits per heavy atom. The average molecular weight is 348 g/mol. The molecule has 5 rings (SSSR count). The molecule has 6 heteroatoms. The fourth-order valence-electron chi connectivity index (χ4n) is 4.95. The number of hydrogen-bond donors (Lipinski definition) is 1. The van der Waals surface area contributed by atoms with Gasteiger partial charge in [0.25, 0.3) is 0 Å². The van der Waals surface area contributed by atoms with Crippen molar-refractivity contribution in [3.05, 3.63) is 59.7 Å². The van der Waals surface area contributed by atoms with Crippen molar-refractivity contribution in [1.29, 1.82) is 0 Å². The number of likely N-dealkylation sites (tertiary alicyclic amines) is 1. The van der Waals surface area contributed by atoms with E-state index in [9.17, 15) is 9.59 Å². The standard InChI is InChI=1S/C20H20N4O2/c1-20-14-8-7-13(10-14)17(20)18(25)24(19(20)26)11-16-21-15(22-23-16)9-12-5-3-2-4-6-12/h2-8,13-14,17H,9-11H2,1H3,(H,21,22,23)/t13-,14+,17-,20+/m0/s1. The third kappa shape index (κ3) is 2.04. The second-order valence-electron chi connectivity index (χ2n) is 7.74. The Hall–Kier alpha value is -2.76. The number of H-pyrrole nitrogens is 1. The molecular weight excluding hydrogens is 328 g/mol. The lowest BCUT2D eigenvalue weighted by Crippen LogP contribution is -2.37. The van der Waals surface area contributed by atoms with Crippen LogP contribution in [0.5, 0.6) is 0 Å². The Labute approximate surface area is 151 Å². The molecule has 2 fully saturated rings. The zero-order valence-corrected chi connectivity index (χ0v) is 14.6. The number of hydrogen-bond acceptors (Lipinski definition) is 4. The van der Waals surface area contributed by atoms with Crippen LogP contribution in [-0.4, -0.2) is 31.9 Å². The van der Waals surface area contributed by atoms with Crippen LogP contribution in [0, 0.1) is 23.2 Å². The van der Waals surface area contributed by atoms with Crippen molar-refractivity contribution in [2.24, 2.45) is 23.2 Å². The molecule has 1 aromatic carbocycles. The second-order valence-corrected chi connectivity index (χ2v) is 7.74. The molecule has 1 aliphatic heterocycles. The number of carbonyl (C=O) groups is 2. The van der Waals surface area contributed by atoms with Gasteiger partial charge in [-0.15, -0.1) is 0 Å². The fraction of sp³-hybridized carbons (Fsp3) is 0.400. The van der Waals surface area contributed by atoms with Crippen molar-refractivity contribution in [2.45, 2.75) is 26.3 Å². The summed E-state index contributed by atoms with van der Waals surface area (Å²) in [5.74, 6) is 1.27. The van der Waals surface area contributed by atoms with E-state index in [4.69, 9.17) is 0 Å². The molecule has 2 heterocycles. The number of carbonyl (C=O) groups excluding carboxylic acids is 2. The van der Waals surface area contributed by atoms with Gasteiger partial charge < -0.3 is 0 Å². The maximum absolute atomic E-state index is 13.0. The highest BCUT2D eigenvalue weighted by molar-refractivity contribution is 6.08. The lowest BCUT2D eigenvalue weighted by molar-refractivity contribution is -0.143. The summed E-state index contributed by atoms with van der Waals surface area (Å²) in [6.07, 6.45) is 5.77. The second kappa shape index (κ2) is 5.37. The van der Waals surface area contributed by atoms with Crippen LogP contribution in [0.1, 0.15) is 30.6 Å². The van der Waals surface area contributed by atoms with E-state index in [0.29, 0.717) is 18.1 Å². The summed E-state index contributed by atoms with van der Waals surface area (Å²) in [5.41, 5.74) is 0.541. The van der Waals surface area contributed by atoms with Crippen LogP contribution in [0.15, 0.2) is 42.5 Å². The highest BCUT2D eigenvalue weighted by Gasteiger charge is 2.67. The topological polar surface area (TPSA) is 79.0 Å². The summed E-state index contributed by atoms with van der Waals surface area (Å²) < 4.78 is 0. The Morgan fingerprint density at radius 1 is 1.23 bits per heavy atom. The van der Waals surface area contributed by atoms with Crippen molar-refractivity contribution in [3.63, 3.8) is 0 Å². The lowest BCUT2D eigenvalue weighted by atomic mass is 9.71. The van der Waals surface area contributed by atoms with Crippen molar-refractivity contribution < 1.29 is 9.59 Å². The predicted molar refractivity (Wildman–Crippen MR) is 93.5 cm³/mol. The number of amides is 2. The number of aromatic amines is 1. The van der Waals surface area contributed by atoms with Gasteiger partial charge in [-0.05, 0) is 30.7 Å². The van der Waals surface area contributed by atoms with Crippen LogP contribution in [-0.2, 0) is 22.6 Å². The molecule has 1 aromatic heterocycles. The molecule has 1 N–H and O–H groups in total. The van der Waals surface area contributed by atoms with E-state index >= 15 is 0 Å². The SMILES string of the molecule is C[C@]12C(=O)N(Cc3nc(Cc4ccccc4)n[nH]3)C(=O)[C@@H]1[C@H]1C=C[C@@H]2C1. The molecule has 2 aliphatic carbocycles. The van der Waals surface area contributed by atoms with Gasteiger partial charge in [-0.3, -0.25) is 19.6 Å². The molecule has 2 bridgehead atoms. The van der Waals surface area contributed by atoms with Gasteiger partial charge in [0.2, 0.25) is 11.8 Å². The maximum Gasteiger partial charge on any atom is 0.236 e. The summed E-state index contributed by atoms with van der Waals surface area (Å²) in [4.78, 5) is 31.8. The number of allylic oxidation sites excluding steroid dienone is 2. The molecule has 0 radical (unpaired) electrons. The van der Waals surface area contributed by atoms with E-state index < -0.39 is 5.41 Å². The van der Waals surface area contributed by atoms with Gasteiger partial charge in [-0.25, -0.2) is 4.98 Å². The molecule has 0 unspecified atom stereocenters. The number of nitrogens with one attached hydrogen (secondary N) is 1. The van der Waals surface area contributed by atoms with Gasteiger partial charge in [-0.1, -0.05) is 42.5 Å². The number of benzene rings is 1. The summed E-state index contributed by atoms with van der Waals surface area (Å²) in [6.45, 7) is 2.12. The van der Waals surface area contributed by atoms with Gasteiger partial charge >= 0.3 is 0 Å². The minimum atomic E-state index is -0.580. The largest absolute Gasteiger partial charge is 0.274 e. The lowest BCUT2D eigenvalue weighted by Gasteiger charge is -2.28. The third-order valence-corrected chi connectivity index (χ3v) is 6.29. The average Bonchev–Trinajstić information content (AvgIpc) is 3.38. The molecule has 2 aromatic rings. The summed E-state index contributed by atoms with van der Waals surface area (Å²) >= 11 is 0. The Morgan fingerprint density at radius 2 is 2.04 bits per heavy atom. The van der Waals surface area contributed by atoms with Gasteiger partial charge in [0.1, 0.15) is 5.82 Å². The van der Waals surface area contributed by atoms with Crippen LogP contribution in [0.2, 0.25) is 0 Å². The fourth-order valence-corrected chi connectivity index (χ4v) is 4.95. The van der Waals surface area contributed by atoms with E-state index in [1.165, 1.54) is 4.90 Å². The molecular formula is C20H20N4O2. The van der Waals surface area contributed by atoms with Crippen molar-refractivity contribution >= 4 is 11.8 Å². The molecule has 26 heavy (non-hydrogen) atoms. The molecule has 1 saturated carbocycles. The van der Waals surface area contributed by atoms with Gasteiger partial charge in [-0.2, -0.15) is 5.10 Å². The quantitative estimate of drug-likeness (QED) is 0.678. The van der Waals surface area contributed by atoms with Crippen LogP contribution in [0.3, 0.4) is 0 Å². The first kappa shape index (κ1) is 15.5. The Kier molecular flexibility index (Phi) is 3.20. The van der Waals surface area contributed by atoms with Crippen molar-refractivity contribution in [3.8, 4) is 0 Å². The van der Waals surface area contributed by atoms with Crippen LogP contribution < -0.4 is 0 Å². The number of imide groups is 1. The summed E-state index contributed by atoms with van der Waals surface area (Å²) in [6, 6.07) is 9.97. The number of nitrogens with zero attached hydrogens (tertiary/aromatic N) is 3.